The van der Waals surface area contributed by atoms with Crippen LogP contribution in [0.3, 0.4) is 0 Å². The Bertz CT molecular complexity index is 88.2. The molecule has 0 unspecified atom stereocenters. The quantitative estimate of drug-likeness (QED) is 0.578. The molecule has 65 valence electrons. The maximum atomic E-state index is 2.51. The molecule has 0 nitrogen and oxygen atoms in total. The molecule has 11 heavy (non-hydrogen) atoms. The van der Waals surface area contributed by atoms with E-state index in [1.807, 2.05) is 0 Å². The zero-order chi connectivity index (χ0) is 8.10. The third-order valence-corrected chi connectivity index (χ3v) is 3.04. The van der Waals surface area contributed by atoms with Gasteiger partial charge < -0.3 is 0 Å². The average molecular weight is 153 g/mol. The van der Waals surface area contributed by atoms with Gasteiger partial charge in [0.05, 0.1) is 0 Å². The van der Waals surface area contributed by atoms with E-state index in [2.05, 4.69) is 20.3 Å². The maximum Gasteiger partial charge on any atom is -0.0357 e. The highest BCUT2D eigenvalue weighted by molar-refractivity contribution is 4.80. The van der Waals surface area contributed by atoms with Crippen molar-refractivity contribution in [1.82, 2.24) is 0 Å². The highest BCUT2D eigenvalue weighted by Crippen LogP contribution is 2.32. The molecule has 0 atom stereocenters. The van der Waals surface area contributed by atoms with Crippen LogP contribution < -0.4 is 0 Å². The first-order valence-electron chi connectivity index (χ1n) is 5.20. The standard InChI is InChI=1S/C11H21/c1-3-5-11-8-6-10(4-2)7-9-11/h5,10-11H,3-4,6-9H2,1-2H3. The van der Waals surface area contributed by atoms with Crippen LogP contribution in [-0.4, -0.2) is 0 Å². The summed E-state index contributed by atoms with van der Waals surface area (Å²) in [5.74, 6) is 2.01. The molecule has 0 aliphatic heterocycles. The summed E-state index contributed by atoms with van der Waals surface area (Å²) in [6, 6.07) is 0. The highest BCUT2D eigenvalue weighted by Gasteiger charge is 2.18. The van der Waals surface area contributed by atoms with Gasteiger partial charge in [0.15, 0.2) is 0 Å². The Kier molecular flexibility index (Phi) is 3.96. The lowest BCUT2D eigenvalue weighted by Gasteiger charge is -2.27. The molecule has 0 heterocycles. The predicted octanol–water partition coefficient (Wildman–Crippen LogP) is 3.82. The molecule has 0 spiro atoms. The van der Waals surface area contributed by atoms with Gasteiger partial charge in [0.1, 0.15) is 0 Å². The van der Waals surface area contributed by atoms with E-state index in [9.17, 15) is 0 Å². The van der Waals surface area contributed by atoms with Gasteiger partial charge in [-0.1, -0.05) is 39.5 Å². The first-order chi connectivity index (χ1) is 5.36. The van der Waals surface area contributed by atoms with E-state index in [0.717, 1.165) is 11.8 Å². The van der Waals surface area contributed by atoms with Crippen LogP contribution >= 0.6 is 0 Å². The normalized spacial score (nSPS) is 32.2. The second-order valence-electron chi connectivity index (χ2n) is 3.83. The minimum Gasteiger partial charge on any atom is -0.0651 e. The van der Waals surface area contributed by atoms with Crippen molar-refractivity contribution in [2.75, 3.05) is 0 Å². The fraction of sp³-hybridized carbons (Fsp3) is 0.909. The fourth-order valence-corrected chi connectivity index (χ4v) is 2.17. The summed E-state index contributed by atoms with van der Waals surface area (Å²) in [5.41, 5.74) is 0. The SMILES string of the molecule is CC[CH]C1CCC(CC)CC1. The number of hydrogen-bond acceptors (Lipinski definition) is 0. The molecular formula is C11H21. The van der Waals surface area contributed by atoms with Crippen molar-refractivity contribution < 1.29 is 0 Å². The molecule has 1 aliphatic rings. The van der Waals surface area contributed by atoms with Crippen molar-refractivity contribution in [1.29, 1.82) is 0 Å². The molecular weight excluding hydrogens is 132 g/mol. The molecule has 1 aliphatic carbocycles. The highest BCUT2D eigenvalue weighted by atomic mass is 14.2. The van der Waals surface area contributed by atoms with E-state index in [1.54, 1.807) is 0 Å². The smallest absolute Gasteiger partial charge is 0.0357 e. The Morgan fingerprint density at radius 3 is 2.18 bits per heavy atom. The van der Waals surface area contributed by atoms with E-state index < -0.39 is 0 Å². The molecule has 1 radical (unpaired) electrons. The Labute approximate surface area is 71.4 Å². The van der Waals surface area contributed by atoms with Gasteiger partial charge in [0.25, 0.3) is 0 Å². The molecule has 1 rings (SSSR count). The van der Waals surface area contributed by atoms with Crippen molar-refractivity contribution >= 4 is 0 Å². The molecule has 0 aromatic heterocycles. The fourth-order valence-electron chi connectivity index (χ4n) is 2.17. The number of hydrogen-bond donors (Lipinski definition) is 0. The van der Waals surface area contributed by atoms with Crippen LogP contribution in [0.1, 0.15) is 52.4 Å². The van der Waals surface area contributed by atoms with Gasteiger partial charge in [0.2, 0.25) is 0 Å². The van der Waals surface area contributed by atoms with Gasteiger partial charge in [-0.05, 0) is 31.1 Å². The summed E-state index contributed by atoms with van der Waals surface area (Å²) in [4.78, 5) is 0. The summed E-state index contributed by atoms with van der Waals surface area (Å²) in [7, 11) is 0. The Balaban J connectivity index is 2.14. The number of rotatable bonds is 3. The van der Waals surface area contributed by atoms with Crippen LogP contribution in [0.25, 0.3) is 0 Å². The Morgan fingerprint density at radius 1 is 1.09 bits per heavy atom. The lowest BCUT2D eigenvalue weighted by Crippen LogP contribution is -2.13. The molecule has 0 aromatic rings. The Morgan fingerprint density at radius 2 is 1.73 bits per heavy atom. The molecule has 0 aromatic carbocycles. The van der Waals surface area contributed by atoms with Crippen LogP contribution in [0.15, 0.2) is 0 Å². The molecule has 0 heteroatoms. The van der Waals surface area contributed by atoms with Gasteiger partial charge in [0, 0.05) is 0 Å². The van der Waals surface area contributed by atoms with Gasteiger partial charge >= 0.3 is 0 Å². The van der Waals surface area contributed by atoms with E-state index in [0.29, 0.717) is 0 Å². The summed E-state index contributed by atoms with van der Waals surface area (Å²) < 4.78 is 0. The second kappa shape index (κ2) is 4.79. The van der Waals surface area contributed by atoms with E-state index >= 15 is 0 Å². The topological polar surface area (TPSA) is 0 Å². The van der Waals surface area contributed by atoms with Crippen LogP contribution in [0, 0.1) is 18.3 Å². The summed E-state index contributed by atoms with van der Waals surface area (Å²) in [5, 5.41) is 0. The molecule has 0 saturated heterocycles. The minimum absolute atomic E-state index is 0.961. The zero-order valence-electron chi connectivity index (χ0n) is 7.97. The average Bonchev–Trinajstić information content (AvgIpc) is 2.07. The second-order valence-corrected chi connectivity index (χ2v) is 3.83. The van der Waals surface area contributed by atoms with Crippen LogP contribution in [0.2, 0.25) is 0 Å². The van der Waals surface area contributed by atoms with Gasteiger partial charge in [-0.15, -0.1) is 0 Å². The van der Waals surface area contributed by atoms with Crippen molar-refractivity contribution in [3.8, 4) is 0 Å². The van der Waals surface area contributed by atoms with Gasteiger partial charge in [-0.2, -0.15) is 0 Å². The summed E-state index contributed by atoms with van der Waals surface area (Å²) in [6.07, 6.45) is 11.1. The monoisotopic (exact) mass is 153 g/mol. The van der Waals surface area contributed by atoms with E-state index in [4.69, 9.17) is 0 Å². The van der Waals surface area contributed by atoms with E-state index in [-0.39, 0.29) is 0 Å². The van der Waals surface area contributed by atoms with E-state index in [1.165, 1.54) is 38.5 Å². The lowest BCUT2D eigenvalue weighted by molar-refractivity contribution is 0.289. The van der Waals surface area contributed by atoms with Crippen molar-refractivity contribution in [3.63, 3.8) is 0 Å². The maximum absolute atomic E-state index is 2.51. The largest absolute Gasteiger partial charge is 0.0651 e. The molecule has 1 fully saturated rings. The third kappa shape index (κ3) is 2.84. The lowest BCUT2D eigenvalue weighted by atomic mass is 9.79. The van der Waals surface area contributed by atoms with Crippen LogP contribution in [0.4, 0.5) is 0 Å². The minimum atomic E-state index is 0.961. The first kappa shape index (κ1) is 9.09. The summed E-state index contributed by atoms with van der Waals surface area (Å²) in [6.45, 7) is 4.58. The third-order valence-electron chi connectivity index (χ3n) is 3.04. The predicted molar refractivity (Wildman–Crippen MR) is 50.3 cm³/mol. The molecule has 1 saturated carbocycles. The van der Waals surface area contributed by atoms with Crippen molar-refractivity contribution in [3.05, 3.63) is 6.42 Å². The Hall–Kier alpha value is 0. The van der Waals surface area contributed by atoms with Gasteiger partial charge in [-0.25, -0.2) is 0 Å². The first-order valence-corrected chi connectivity index (χ1v) is 5.20. The van der Waals surface area contributed by atoms with Gasteiger partial charge in [-0.3, -0.25) is 0 Å². The molecule has 0 N–H and O–H groups in total. The van der Waals surface area contributed by atoms with Crippen molar-refractivity contribution in [2.45, 2.75) is 52.4 Å². The molecule has 0 amide bonds. The molecule has 0 bridgehead atoms. The zero-order valence-corrected chi connectivity index (χ0v) is 7.97. The van der Waals surface area contributed by atoms with Crippen molar-refractivity contribution in [2.24, 2.45) is 11.8 Å². The summed E-state index contributed by atoms with van der Waals surface area (Å²) >= 11 is 0. The van der Waals surface area contributed by atoms with Crippen LogP contribution in [0.5, 0.6) is 0 Å². The van der Waals surface area contributed by atoms with Crippen LogP contribution in [-0.2, 0) is 0 Å².